The van der Waals surface area contributed by atoms with Crippen molar-refractivity contribution in [3.05, 3.63) is 27.7 Å². The molecule has 0 fully saturated rings. The number of rotatable bonds is 6. The van der Waals surface area contributed by atoms with Gasteiger partial charge in [0.2, 0.25) is 0 Å². The lowest BCUT2D eigenvalue weighted by Crippen LogP contribution is -2.09. The van der Waals surface area contributed by atoms with Gasteiger partial charge in [-0.1, -0.05) is 42.6 Å². The first-order valence-electron chi connectivity index (χ1n) is 5.37. The number of unbranched alkanes of at least 4 members (excludes halogenated alkanes) is 1. The van der Waals surface area contributed by atoms with Crippen molar-refractivity contribution in [2.24, 2.45) is 0 Å². The minimum atomic E-state index is -1.05. The van der Waals surface area contributed by atoms with E-state index in [1.54, 1.807) is 6.07 Å². The summed E-state index contributed by atoms with van der Waals surface area (Å²) in [4.78, 5) is 10.4. The second kappa shape index (κ2) is 6.72. The van der Waals surface area contributed by atoms with Crippen molar-refractivity contribution >= 4 is 29.2 Å². The molecule has 0 saturated heterocycles. The molecule has 0 heterocycles. The van der Waals surface area contributed by atoms with Crippen LogP contribution in [-0.4, -0.2) is 17.7 Å². The van der Waals surface area contributed by atoms with E-state index in [4.69, 9.17) is 33.0 Å². The van der Waals surface area contributed by atoms with Crippen LogP contribution >= 0.6 is 23.2 Å². The number of carbonyl (C=O) groups is 1. The highest BCUT2D eigenvalue weighted by atomic mass is 35.5. The minimum absolute atomic E-state index is 0.279. The predicted molar refractivity (Wildman–Crippen MR) is 68.2 cm³/mol. The van der Waals surface area contributed by atoms with Crippen LogP contribution in [0, 0.1) is 0 Å². The molecule has 0 amide bonds. The van der Waals surface area contributed by atoms with Gasteiger partial charge in [-0.25, -0.2) is 4.79 Å². The maximum atomic E-state index is 10.4. The van der Waals surface area contributed by atoms with Crippen LogP contribution in [-0.2, 0) is 11.2 Å². The van der Waals surface area contributed by atoms with Crippen molar-refractivity contribution in [3.8, 4) is 5.75 Å². The molecule has 5 heteroatoms. The average molecular weight is 277 g/mol. The largest absolute Gasteiger partial charge is 0.480 e. The summed E-state index contributed by atoms with van der Waals surface area (Å²) >= 11 is 12.1. The van der Waals surface area contributed by atoms with Gasteiger partial charge >= 0.3 is 5.97 Å². The van der Waals surface area contributed by atoms with Crippen LogP contribution in [0.1, 0.15) is 25.3 Å². The molecular weight excluding hydrogens is 263 g/mol. The minimum Gasteiger partial charge on any atom is -0.480 e. The summed E-state index contributed by atoms with van der Waals surface area (Å²) in [5.41, 5.74) is 0.959. The van der Waals surface area contributed by atoms with Crippen molar-refractivity contribution in [3.63, 3.8) is 0 Å². The van der Waals surface area contributed by atoms with Gasteiger partial charge in [0.25, 0.3) is 0 Å². The van der Waals surface area contributed by atoms with Crippen LogP contribution in [0.15, 0.2) is 12.1 Å². The summed E-state index contributed by atoms with van der Waals surface area (Å²) < 4.78 is 5.02. The van der Waals surface area contributed by atoms with Gasteiger partial charge in [0, 0.05) is 0 Å². The smallest absolute Gasteiger partial charge is 0.341 e. The SMILES string of the molecule is CCCCc1ccc(OCC(=O)O)c(Cl)c1Cl. The second-order valence-corrected chi connectivity index (χ2v) is 4.39. The summed E-state index contributed by atoms with van der Waals surface area (Å²) in [7, 11) is 0. The molecule has 0 atom stereocenters. The van der Waals surface area contributed by atoms with Gasteiger partial charge in [-0.05, 0) is 24.5 Å². The van der Waals surface area contributed by atoms with Crippen molar-refractivity contribution < 1.29 is 14.6 Å². The predicted octanol–water partition coefficient (Wildman–Crippen LogP) is 3.80. The fourth-order valence-corrected chi connectivity index (χ4v) is 1.87. The van der Waals surface area contributed by atoms with E-state index in [1.165, 1.54) is 0 Å². The molecule has 0 aromatic heterocycles. The molecule has 1 rings (SSSR count). The first kappa shape index (κ1) is 14.1. The lowest BCUT2D eigenvalue weighted by Gasteiger charge is -2.10. The third-order valence-electron chi connectivity index (χ3n) is 2.28. The van der Waals surface area contributed by atoms with Gasteiger partial charge in [0.1, 0.15) is 10.8 Å². The van der Waals surface area contributed by atoms with E-state index in [-0.39, 0.29) is 5.02 Å². The van der Waals surface area contributed by atoms with Gasteiger partial charge in [-0.3, -0.25) is 0 Å². The van der Waals surface area contributed by atoms with Crippen LogP contribution in [0.4, 0.5) is 0 Å². The normalized spacial score (nSPS) is 10.3. The highest BCUT2D eigenvalue weighted by Crippen LogP contribution is 2.35. The Kier molecular flexibility index (Phi) is 5.59. The fraction of sp³-hybridized carbons (Fsp3) is 0.417. The van der Waals surface area contributed by atoms with Crippen LogP contribution in [0.5, 0.6) is 5.75 Å². The number of benzene rings is 1. The molecule has 0 aliphatic rings. The molecule has 3 nitrogen and oxygen atoms in total. The molecule has 0 spiro atoms. The molecule has 0 bridgehead atoms. The fourth-order valence-electron chi connectivity index (χ4n) is 1.38. The van der Waals surface area contributed by atoms with Gasteiger partial charge in [0.05, 0.1) is 5.02 Å². The number of carboxylic acid groups (broad SMARTS) is 1. The number of aryl methyl sites for hydroxylation is 1. The van der Waals surface area contributed by atoms with E-state index in [9.17, 15) is 4.79 Å². The highest BCUT2D eigenvalue weighted by Gasteiger charge is 2.11. The average Bonchev–Trinajstić information content (AvgIpc) is 2.29. The van der Waals surface area contributed by atoms with Gasteiger partial charge in [0.15, 0.2) is 6.61 Å². The van der Waals surface area contributed by atoms with Crippen LogP contribution in [0.3, 0.4) is 0 Å². The maximum absolute atomic E-state index is 10.4. The highest BCUT2D eigenvalue weighted by molar-refractivity contribution is 6.43. The lowest BCUT2D eigenvalue weighted by molar-refractivity contribution is -0.139. The lowest BCUT2D eigenvalue weighted by atomic mass is 10.1. The van der Waals surface area contributed by atoms with E-state index in [0.717, 1.165) is 24.8 Å². The van der Waals surface area contributed by atoms with Crippen molar-refractivity contribution in [2.75, 3.05) is 6.61 Å². The Hall–Kier alpha value is -0.930. The Morgan fingerprint density at radius 3 is 2.65 bits per heavy atom. The van der Waals surface area contributed by atoms with E-state index >= 15 is 0 Å². The molecule has 94 valence electrons. The monoisotopic (exact) mass is 276 g/mol. The molecule has 1 N–H and O–H groups in total. The van der Waals surface area contributed by atoms with Gasteiger partial charge in [-0.15, -0.1) is 0 Å². The molecule has 0 radical (unpaired) electrons. The third kappa shape index (κ3) is 4.10. The van der Waals surface area contributed by atoms with E-state index in [0.29, 0.717) is 10.8 Å². The second-order valence-electron chi connectivity index (χ2n) is 3.64. The maximum Gasteiger partial charge on any atom is 0.341 e. The molecule has 0 aliphatic carbocycles. The first-order chi connectivity index (χ1) is 8.06. The zero-order chi connectivity index (χ0) is 12.8. The summed E-state index contributed by atoms with van der Waals surface area (Å²) in [5.74, 6) is -0.744. The Balaban J connectivity index is 2.82. The molecule has 1 aromatic rings. The Bertz CT molecular complexity index is 405. The number of ether oxygens (including phenoxy) is 1. The summed E-state index contributed by atoms with van der Waals surface area (Å²) in [5, 5.41) is 9.23. The number of halogens is 2. The van der Waals surface area contributed by atoms with Crippen molar-refractivity contribution in [1.82, 2.24) is 0 Å². The third-order valence-corrected chi connectivity index (χ3v) is 3.18. The van der Waals surface area contributed by atoms with Gasteiger partial charge in [-0.2, -0.15) is 0 Å². The number of carboxylic acids is 1. The van der Waals surface area contributed by atoms with Crippen LogP contribution in [0.2, 0.25) is 10.0 Å². The van der Waals surface area contributed by atoms with E-state index in [2.05, 4.69) is 6.92 Å². The topological polar surface area (TPSA) is 46.5 Å². The van der Waals surface area contributed by atoms with Crippen molar-refractivity contribution in [1.29, 1.82) is 0 Å². The molecule has 17 heavy (non-hydrogen) atoms. The van der Waals surface area contributed by atoms with Crippen LogP contribution in [0.25, 0.3) is 0 Å². The molecule has 0 aliphatic heterocycles. The summed E-state index contributed by atoms with van der Waals surface area (Å²) in [6, 6.07) is 3.48. The van der Waals surface area contributed by atoms with Crippen molar-refractivity contribution in [2.45, 2.75) is 26.2 Å². The Morgan fingerprint density at radius 2 is 2.06 bits per heavy atom. The van der Waals surface area contributed by atoms with Gasteiger partial charge < -0.3 is 9.84 Å². The van der Waals surface area contributed by atoms with E-state index < -0.39 is 12.6 Å². The number of aliphatic carboxylic acids is 1. The van der Waals surface area contributed by atoms with Crippen LogP contribution < -0.4 is 4.74 Å². The zero-order valence-corrected chi connectivity index (χ0v) is 11.0. The quantitative estimate of drug-likeness (QED) is 0.860. The number of hydrogen-bond donors (Lipinski definition) is 1. The Labute approximate surface area is 110 Å². The summed E-state index contributed by atoms with van der Waals surface area (Å²) in [6.45, 7) is 1.67. The molecule has 0 saturated carbocycles. The molecular formula is C12H14Cl2O3. The molecule has 0 unspecified atom stereocenters. The Morgan fingerprint density at radius 1 is 1.35 bits per heavy atom. The van der Waals surface area contributed by atoms with E-state index in [1.807, 2.05) is 6.07 Å². The first-order valence-corrected chi connectivity index (χ1v) is 6.13. The summed E-state index contributed by atoms with van der Waals surface area (Å²) in [6.07, 6.45) is 2.96. The standard InChI is InChI=1S/C12H14Cl2O3/c1-2-3-4-8-5-6-9(12(14)11(8)13)17-7-10(15)16/h5-6H,2-4,7H2,1H3,(H,15,16). The zero-order valence-electron chi connectivity index (χ0n) is 9.50. The molecule has 1 aromatic carbocycles. The number of hydrogen-bond acceptors (Lipinski definition) is 2.